The Balaban J connectivity index is 1.63. The lowest BCUT2D eigenvalue weighted by Crippen LogP contribution is -2.63. The molecule has 0 bridgehead atoms. The number of aryl methyl sites for hydroxylation is 1. The van der Waals surface area contributed by atoms with Gasteiger partial charge in [-0.1, -0.05) is 36.4 Å². The molecular formula is C31H34N2O11. The summed E-state index contributed by atoms with van der Waals surface area (Å²) in [4.78, 5) is 47.8. The zero-order valence-corrected chi connectivity index (χ0v) is 24.9. The number of ether oxygens (including phenoxy) is 6. The predicted molar refractivity (Wildman–Crippen MR) is 152 cm³/mol. The fraction of sp³-hybridized carbons (Fsp3) is 0.387. The van der Waals surface area contributed by atoms with Gasteiger partial charge >= 0.3 is 23.9 Å². The third-order valence-corrected chi connectivity index (χ3v) is 6.75. The number of aromatic nitrogens is 2. The molecule has 44 heavy (non-hydrogen) atoms. The van der Waals surface area contributed by atoms with E-state index in [4.69, 9.17) is 28.4 Å². The highest BCUT2D eigenvalue weighted by Crippen LogP contribution is 2.33. The van der Waals surface area contributed by atoms with E-state index in [2.05, 4.69) is 10.2 Å². The number of esters is 4. The van der Waals surface area contributed by atoms with E-state index >= 15 is 0 Å². The average molecular weight is 611 g/mol. The van der Waals surface area contributed by atoms with Gasteiger partial charge in [-0.25, -0.2) is 0 Å². The molecule has 1 saturated heterocycles. The molecule has 1 aromatic heterocycles. The quantitative estimate of drug-likeness (QED) is 0.254. The van der Waals surface area contributed by atoms with Gasteiger partial charge in [0.05, 0.1) is 0 Å². The van der Waals surface area contributed by atoms with Crippen molar-refractivity contribution in [2.45, 2.75) is 71.7 Å². The number of phenols is 1. The molecule has 3 aromatic rings. The molecule has 0 amide bonds. The van der Waals surface area contributed by atoms with Crippen molar-refractivity contribution in [1.29, 1.82) is 0 Å². The Bertz CT molecular complexity index is 1480. The summed E-state index contributed by atoms with van der Waals surface area (Å²) < 4.78 is 33.7. The molecule has 5 atom stereocenters. The van der Waals surface area contributed by atoms with Crippen molar-refractivity contribution >= 4 is 23.9 Å². The Morgan fingerprint density at radius 3 is 1.91 bits per heavy atom. The number of aromatic amines is 1. The third-order valence-electron chi connectivity index (χ3n) is 6.75. The topological polar surface area (TPSA) is 173 Å². The van der Waals surface area contributed by atoms with Gasteiger partial charge in [0, 0.05) is 45.4 Å². The van der Waals surface area contributed by atoms with E-state index in [1.54, 1.807) is 12.1 Å². The molecule has 0 aliphatic carbocycles. The first kappa shape index (κ1) is 32.0. The lowest BCUT2D eigenvalue weighted by Gasteiger charge is -2.43. The first-order chi connectivity index (χ1) is 20.9. The number of nitrogens with one attached hydrogen (secondary N) is 1. The van der Waals surface area contributed by atoms with Crippen LogP contribution in [0.2, 0.25) is 0 Å². The van der Waals surface area contributed by atoms with E-state index in [1.807, 2.05) is 43.3 Å². The fourth-order valence-corrected chi connectivity index (χ4v) is 4.80. The monoisotopic (exact) mass is 610 g/mol. The molecule has 234 valence electrons. The van der Waals surface area contributed by atoms with Crippen molar-refractivity contribution in [3.05, 3.63) is 65.4 Å². The maximum absolute atomic E-state index is 12.1. The minimum absolute atomic E-state index is 0.131. The van der Waals surface area contributed by atoms with Gasteiger partial charge in [0.1, 0.15) is 18.5 Å². The van der Waals surface area contributed by atoms with Crippen LogP contribution in [0.25, 0.3) is 11.1 Å². The number of carbonyl (C=O) groups is 4. The van der Waals surface area contributed by atoms with Gasteiger partial charge in [0.2, 0.25) is 18.3 Å². The molecule has 0 unspecified atom stereocenters. The Kier molecular flexibility index (Phi) is 10.2. The minimum Gasteiger partial charge on any atom is -0.508 e. The van der Waals surface area contributed by atoms with Gasteiger partial charge < -0.3 is 33.5 Å². The largest absolute Gasteiger partial charge is 0.508 e. The summed E-state index contributed by atoms with van der Waals surface area (Å²) in [6.07, 6.45) is -6.21. The Morgan fingerprint density at radius 1 is 0.795 bits per heavy atom. The standard InChI is InChI=1S/C31H34N2O11/c1-16-25(14-21-6-8-22(9-7-21)23-10-12-24(38)13-11-23)30(33-32-16)44-31-29(42-20(5)37)28(41-19(4)36)27(40-18(3)35)26(43-31)15-39-17(2)34/h6-13,26-29,31,38H,14-15H2,1-5H3,(H,32,33)/t26-,27-,28+,29-,31+/m1/s1. The van der Waals surface area contributed by atoms with E-state index in [-0.39, 0.29) is 18.2 Å². The van der Waals surface area contributed by atoms with Crippen molar-refractivity contribution in [1.82, 2.24) is 10.2 Å². The van der Waals surface area contributed by atoms with E-state index < -0.39 is 54.6 Å². The summed E-state index contributed by atoms with van der Waals surface area (Å²) in [6, 6.07) is 14.7. The number of phenolic OH excluding ortho intramolecular Hbond substituents is 1. The molecule has 2 heterocycles. The van der Waals surface area contributed by atoms with Gasteiger partial charge in [-0.3, -0.25) is 24.3 Å². The van der Waals surface area contributed by atoms with Crippen LogP contribution in [0.4, 0.5) is 0 Å². The number of benzene rings is 2. The molecule has 2 aromatic carbocycles. The lowest BCUT2D eigenvalue weighted by atomic mass is 9.98. The van der Waals surface area contributed by atoms with Gasteiger partial charge in [0.15, 0.2) is 12.2 Å². The summed E-state index contributed by atoms with van der Waals surface area (Å²) in [5.41, 5.74) is 4.22. The SMILES string of the molecule is CC(=O)OC[C@H]1O[C@@H](Oc2n[nH]c(C)c2Cc2ccc(-c3ccc(O)cc3)cc2)[C@H](OC(C)=O)[C@@H](OC(C)=O)[C@@H]1OC(C)=O. The molecule has 2 N–H and O–H groups in total. The second kappa shape index (κ2) is 14.0. The highest BCUT2D eigenvalue weighted by molar-refractivity contribution is 5.69. The molecule has 4 rings (SSSR count). The molecular weight excluding hydrogens is 576 g/mol. The summed E-state index contributed by atoms with van der Waals surface area (Å²) in [5.74, 6) is -2.53. The zero-order valence-electron chi connectivity index (χ0n) is 24.9. The second-order valence-electron chi connectivity index (χ2n) is 10.2. The number of carbonyl (C=O) groups excluding carboxylic acids is 4. The maximum Gasteiger partial charge on any atom is 0.303 e. The molecule has 0 radical (unpaired) electrons. The van der Waals surface area contributed by atoms with Crippen LogP contribution < -0.4 is 4.74 Å². The smallest absolute Gasteiger partial charge is 0.303 e. The van der Waals surface area contributed by atoms with Crippen LogP contribution in [-0.2, 0) is 49.3 Å². The normalized spacial score (nSPS) is 21.2. The zero-order chi connectivity index (χ0) is 32.0. The van der Waals surface area contributed by atoms with Crippen LogP contribution in [0, 0.1) is 6.92 Å². The maximum atomic E-state index is 12.1. The number of nitrogens with zero attached hydrogens (tertiary/aromatic N) is 1. The van der Waals surface area contributed by atoms with Gasteiger partial charge in [0.25, 0.3) is 0 Å². The minimum atomic E-state index is -1.41. The van der Waals surface area contributed by atoms with Crippen LogP contribution in [0.15, 0.2) is 48.5 Å². The predicted octanol–water partition coefficient (Wildman–Crippen LogP) is 3.14. The van der Waals surface area contributed by atoms with E-state index in [0.29, 0.717) is 17.7 Å². The van der Waals surface area contributed by atoms with Gasteiger partial charge in [-0.2, -0.15) is 0 Å². The number of hydrogen-bond acceptors (Lipinski definition) is 12. The molecule has 1 aliphatic heterocycles. The number of hydrogen-bond donors (Lipinski definition) is 2. The van der Waals surface area contributed by atoms with E-state index in [0.717, 1.165) is 37.5 Å². The highest BCUT2D eigenvalue weighted by atomic mass is 16.7. The van der Waals surface area contributed by atoms with Gasteiger partial charge in [-0.05, 0) is 35.7 Å². The van der Waals surface area contributed by atoms with Crippen LogP contribution >= 0.6 is 0 Å². The van der Waals surface area contributed by atoms with Gasteiger partial charge in [-0.15, -0.1) is 5.10 Å². The van der Waals surface area contributed by atoms with Crippen molar-refractivity contribution in [3.63, 3.8) is 0 Å². The first-order valence-electron chi connectivity index (χ1n) is 13.8. The molecule has 13 nitrogen and oxygen atoms in total. The van der Waals surface area contributed by atoms with E-state index in [9.17, 15) is 24.3 Å². The van der Waals surface area contributed by atoms with Crippen LogP contribution in [-0.4, -0.2) is 76.5 Å². The Hall–Kier alpha value is -4.91. The second-order valence-corrected chi connectivity index (χ2v) is 10.2. The van der Waals surface area contributed by atoms with Crippen LogP contribution in [0.5, 0.6) is 11.6 Å². The molecule has 1 aliphatic rings. The number of aromatic hydroxyl groups is 1. The summed E-state index contributed by atoms with van der Waals surface area (Å²) in [7, 11) is 0. The lowest BCUT2D eigenvalue weighted by molar-refractivity contribution is -0.289. The van der Waals surface area contributed by atoms with Crippen molar-refractivity contribution in [2.24, 2.45) is 0 Å². The highest BCUT2D eigenvalue weighted by Gasteiger charge is 2.53. The van der Waals surface area contributed by atoms with Crippen molar-refractivity contribution in [2.75, 3.05) is 6.61 Å². The summed E-state index contributed by atoms with van der Waals surface area (Å²) in [6.45, 7) is 6.07. The Morgan fingerprint density at radius 2 is 1.34 bits per heavy atom. The molecule has 0 spiro atoms. The fourth-order valence-electron chi connectivity index (χ4n) is 4.80. The Labute approximate surface area is 253 Å². The first-order valence-corrected chi connectivity index (χ1v) is 13.8. The molecule has 13 heteroatoms. The van der Waals surface area contributed by atoms with Crippen LogP contribution in [0.1, 0.15) is 44.5 Å². The molecule has 1 fully saturated rings. The van der Waals surface area contributed by atoms with Crippen molar-refractivity contribution in [3.8, 4) is 22.8 Å². The van der Waals surface area contributed by atoms with E-state index in [1.165, 1.54) is 6.92 Å². The number of H-pyrrole nitrogens is 1. The third kappa shape index (κ3) is 8.13. The summed E-state index contributed by atoms with van der Waals surface area (Å²) in [5, 5.41) is 16.7. The summed E-state index contributed by atoms with van der Waals surface area (Å²) >= 11 is 0. The number of rotatable bonds is 10. The van der Waals surface area contributed by atoms with Crippen molar-refractivity contribution < 1.29 is 52.7 Å². The van der Waals surface area contributed by atoms with Crippen LogP contribution in [0.3, 0.4) is 0 Å². The molecule has 0 saturated carbocycles. The average Bonchev–Trinajstić information content (AvgIpc) is 3.29.